The number of benzene rings is 3. The SMILES string of the molecule is COc1cc2c(c3c1c(=O)c1cc4ccccc4cc1n3C)C[C@H]([C@](C)(O)CO)O2. The fourth-order valence-electron chi connectivity index (χ4n) is 4.49. The molecule has 0 fully saturated rings. The van der Waals surface area contributed by atoms with Crippen LogP contribution in [-0.2, 0) is 13.5 Å². The maximum absolute atomic E-state index is 13.6. The Kier molecular flexibility index (Phi) is 4.07. The van der Waals surface area contributed by atoms with Crippen LogP contribution in [0.2, 0.25) is 0 Å². The Morgan fingerprint density at radius 2 is 1.93 bits per heavy atom. The first-order chi connectivity index (χ1) is 14.4. The van der Waals surface area contributed by atoms with E-state index in [1.54, 1.807) is 13.0 Å². The Labute approximate surface area is 172 Å². The quantitative estimate of drug-likeness (QED) is 0.513. The molecule has 6 nitrogen and oxygen atoms in total. The molecule has 1 aliphatic heterocycles. The number of rotatable bonds is 3. The normalized spacial score (nSPS) is 17.8. The van der Waals surface area contributed by atoms with Crippen LogP contribution in [0.15, 0.2) is 47.3 Å². The molecule has 0 bridgehead atoms. The molecule has 2 atom stereocenters. The summed E-state index contributed by atoms with van der Waals surface area (Å²) in [6.45, 7) is 1.12. The summed E-state index contributed by atoms with van der Waals surface area (Å²) in [5.41, 5.74) is 0.886. The summed E-state index contributed by atoms with van der Waals surface area (Å²) in [7, 11) is 3.46. The fourth-order valence-corrected chi connectivity index (χ4v) is 4.49. The monoisotopic (exact) mass is 405 g/mol. The van der Waals surface area contributed by atoms with Gasteiger partial charge in [-0.15, -0.1) is 0 Å². The Bertz CT molecular complexity index is 1390. The van der Waals surface area contributed by atoms with Gasteiger partial charge in [-0.2, -0.15) is 0 Å². The summed E-state index contributed by atoms with van der Waals surface area (Å²) in [5, 5.41) is 23.3. The van der Waals surface area contributed by atoms with E-state index in [2.05, 4.69) is 0 Å². The number of methoxy groups -OCH3 is 1. The first-order valence-corrected chi connectivity index (χ1v) is 9.90. The summed E-state index contributed by atoms with van der Waals surface area (Å²) in [5.74, 6) is 0.997. The van der Waals surface area contributed by atoms with Crippen LogP contribution in [0.1, 0.15) is 12.5 Å². The van der Waals surface area contributed by atoms with Crippen molar-refractivity contribution in [2.75, 3.05) is 13.7 Å². The average Bonchev–Trinajstić information content (AvgIpc) is 3.20. The minimum Gasteiger partial charge on any atom is -0.496 e. The summed E-state index contributed by atoms with van der Waals surface area (Å²) in [4.78, 5) is 13.6. The van der Waals surface area contributed by atoms with Crippen LogP contribution in [0, 0.1) is 0 Å². The third kappa shape index (κ3) is 2.54. The minimum absolute atomic E-state index is 0.0964. The van der Waals surface area contributed by atoms with Gasteiger partial charge >= 0.3 is 0 Å². The summed E-state index contributed by atoms with van der Waals surface area (Å²) >= 11 is 0. The largest absolute Gasteiger partial charge is 0.496 e. The maximum Gasteiger partial charge on any atom is 0.201 e. The van der Waals surface area contributed by atoms with Crippen molar-refractivity contribution in [2.45, 2.75) is 25.0 Å². The van der Waals surface area contributed by atoms with Gasteiger partial charge in [0.1, 0.15) is 23.2 Å². The molecule has 0 spiro atoms. The Balaban J connectivity index is 1.89. The number of fused-ring (bicyclic) bond motifs is 5. The van der Waals surface area contributed by atoms with E-state index in [1.165, 1.54) is 7.11 Å². The van der Waals surface area contributed by atoms with Gasteiger partial charge in [0, 0.05) is 30.5 Å². The third-order valence-corrected chi connectivity index (χ3v) is 6.25. The van der Waals surface area contributed by atoms with Crippen molar-refractivity contribution >= 4 is 32.6 Å². The Morgan fingerprint density at radius 3 is 2.60 bits per heavy atom. The second-order valence-corrected chi connectivity index (χ2v) is 8.21. The van der Waals surface area contributed by atoms with Gasteiger partial charge in [-0.05, 0) is 29.8 Å². The molecule has 0 saturated heterocycles. The summed E-state index contributed by atoms with van der Waals surface area (Å²) in [6.07, 6.45) is -0.231. The molecular formula is C24H23NO5. The number of aromatic nitrogens is 1. The smallest absolute Gasteiger partial charge is 0.201 e. The molecule has 1 aromatic heterocycles. The number of hydrogen-bond acceptors (Lipinski definition) is 5. The van der Waals surface area contributed by atoms with Crippen molar-refractivity contribution in [3.8, 4) is 11.5 Å². The van der Waals surface area contributed by atoms with E-state index in [0.717, 1.165) is 27.4 Å². The molecule has 2 heterocycles. The molecule has 0 amide bonds. The van der Waals surface area contributed by atoms with Crippen molar-refractivity contribution in [1.82, 2.24) is 4.57 Å². The molecule has 4 aromatic rings. The van der Waals surface area contributed by atoms with Gasteiger partial charge in [-0.3, -0.25) is 4.79 Å². The predicted molar refractivity (Wildman–Crippen MR) is 117 cm³/mol. The molecule has 154 valence electrons. The van der Waals surface area contributed by atoms with Crippen molar-refractivity contribution in [3.63, 3.8) is 0 Å². The van der Waals surface area contributed by atoms with Crippen LogP contribution < -0.4 is 14.9 Å². The van der Waals surface area contributed by atoms with Gasteiger partial charge in [0.15, 0.2) is 0 Å². The van der Waals surface area contributed by atoms with Gasteiger partial charge in [-0.1, -0.05) is 24.3 Å². The zero-order valence-electron chi connectivity index (χ0n) is 17.1. The van der Waals surface area contributed by atoms with E-state index in [-0.39, 0.29) is 5.43 Å². The highest BCUT2D eigenvalue weighted by atomic mass is 16.5. The van der Waals surface area contributed by atoms with E-state index in [1.807, 2.05) is 48.0 Å². The maximum atomic E-state index is 13.6. The molecule has 6 heteroatoms. The van der Waals surface area contributed by atoms with Crippen LogP contribution >= 0.6 is 0 Å². The Morgan fingerprint density at radius 1 is 1.23 bits per heavy atom. The molecule has 0 aliphatic carbocycles. The van der Waals surface area contributed by atoms with E-state index in [0.29, 0.717) is 28.7 Å². The number of aliphatic hydroxyl groups is 2. The molecule has 2 N–H and O–H groups in total. The van der Waals surface area contributed by atoms with E-state index >= 15 is 0 Å². The lowest BCUT2D eigenvalue weighted by molar-refractivity contribution is -0.0729. The fraction of sp³-hybridized carbons (Fsp3) is 0.292. The first-order valence-electron chi connectivity index (χ1n) is 9.90. The van der Waals surface area contributed by atoms with Crippen LogP contribution in [-0.4, -0.2) is 40.2 Å². The van der Waals surface area contributed by atoms with Gasteiger partial charge in [-0.25, -0.2) is 0 Å². The molecule has 0 unspecified atom stereocenters. The second kappa shape index (κ2) is 6.45. The minimum atomic E-state index is -1.40. The van der Waals surface area contributed by atoms with E-state index in [9.17, 15) is 15.0 Å². The van der Waals surface area contributed by atoms with Gasteiger partial charge < -0.3 is 24.3 Å². The standard InChI is InChI=1S/C24H23NO5/c1-24(28,12-26)20-10-16-18(30-20)11-19(29-3)21-22(16)25(2)17-9-14-7-5-4-6-13(14)8-15(17)23(21)27/h4-9,11,20,26,28H,10,12H2,1-3H3/t20-,24-/m1/s1. The zero-order chi connectivity index (χ0) is 21.2. The van der Waals surface area contributed by atoms with Crippen molar-refractivity contribution in [3.05, 3.63) is 58.3 Å². The zero-order valence-corrected chi connectivity index (χ0v) is 17.1. The van der Waals surface area contributed by atoms with Gasteiger partial charge in [0.05, 0.1) is 30.1 Å². The molecule has 5 rings (SSSR count). The number of nitrogens with zero attached hydrogens (tertiary/aromatic N) is 1. The van der Waals surface area contributed by atoms with Crippen LogP contribution in [0.25, 0.3) is 32.6 Å². The van der Waals surface area contributed by atoms with E-state index < -0.39 is 18.3 Å². The van der Waals surface area contributed by atoms with Crippen LogP contribution in [0.3, 0.4) is 0 Å². The number of ether oxygens (including phenoxy) is 2. The number of pyridine rings is 1. The van der Waals surface area contributed by atoms with Gasteiger partial charge in [0.2, 0.25) is 5.43 Å². The molecule has 1 aliphatic rings. The molecule has 0 saturated carbocycles. The first kappa shape index (κ1) is 18.9. The lowest BCUT2D eigenvalue weighted by atomic mass is 9.94. The highest BCUT2D eigenvalue weighted by Crippen LogP contribution is 2.42. The summed E-state index contributed by atoms with van der Waals surface area (Å²) < 4.78 is 13.6. The number of aryl methyl sites for hydroxylation is 1. The lowest BCUT2D eigenvalue weighted by Crippen LogP contribution is -2.45. The third-order valence-electron chi connectivity index (χ3n) is 6.25. The van der Waals surface area contributed by atoms with Gasteiger partial charge in [0.25, 0.3) is 0 Å². The van der Waals surface area contributed by atoms with Crippen molar-refractivity contribution in [2.24, 2.45) is 7.05 Å². The van der Waals surface area contributed by atoms with E-state index in [4.69, 9.17) is 9.47 Å². The average molecular weight is 405 g/mol. The predicted octanol–water partition coefficient (Wildman–Crippen LogP) is 2.90. The molecular weight excluding hydrogens is 382 g/mol. The highest BCUT2D eigenvalue weighted by Gasteiger charge is 2.40. The Hall–Kier alpha value is -3.09. The van der Waals surface area contributed by atoms with Crippen LogP contribution in [0.5, 0.6) is 11.5 Å². The van der Waals surface area contributed by atoms with Crippen molar-refractivity contribution in [1.29, 1.82) is 0 Å². The lowest BCUT2D eigenvalue weighted by Gasteiger charge is -2.26. The topological polar surface area (TPSA) is 80.9 Å². The second-order valence-electron chi connectivity index (χ2n) is 8.21. The van der Waals surface area contributed by atoms with Crippen LogP contribution in [0.4, 0.5) is 0 Å². The molecule has 30 heavy (non-hydrogen) atoms. The number of aliphatic hydroxyl groups excluding tert-OH is 1. The molecule has 0 radical (unpaired) electrons. The highest BCUT2D eigenvalue weighted by molar-refractivity contribution is 6.04. The molecule has 3 aromatic carbocycles. The van der Waals surface area contributed by atoms with Crippen molar-refractivity contribution < 1.29 is 19.7 Å². The summed E-state index contributed by atoms with van der Waals surface area (Å²) in [6, 6.07) is 13.6. The number of hydrogen-bond donors (Lipinski definition) is 2.